The van der Waals surface area contributed by atoms with Crippen molar-refractivity contribution in [2.45, 2.75) is 12.5 Å². The lowest BCUT2D eigenvalue weighted by atomic mass is 10.0. The Morgan fingerprint density at radius 2 is 1.79 bits per heavy atom. The Morgan fingerprint density at radius 1 is 1.12 bits per heavy atom. The highest BCUT2D eigenvalue weighted by atomic mass is 35.5. The number of nitrogens with one attached hydrogen (secondary N) is 2. The molecule has 0 fully saturated rings. The third-order valence-corrected chi connectivity index (χ3v) is 4.35. The van der Waals surface area contributed by atoms with E-state index in [2.05, 4.69) is 10.6 Å². The van der Waals surface area contributed by atoms with Crippen molar-refractivity contribution < 1.29 is 14.3 Å². The topological polar surface area (TPSA) is 67.4 Å². The molecule has 2 N–H and O–H groups in total. The molecule has 0 bridgehead atoms. The molecule has 0 radical (unpaired) electrons. The van der Waals surface area contributed by atoms with Crippen LogP contribution in [0.5, 0.6) is 5.75 Å². The Morgan fingerprint density at radius 3 is 2.54 bits per heavy atom. The van der Waals surface area contributed by atoms with E-state index in [1.165, 1.54) is 13.0 Å². The van der Waals surface area contributed by atoms with E-state index >= 15 is 0 Å². The van der Waals surface area contributed by atoms with Crippen LogP contribution in [0.15, 0.2) is 36.4 Å². The van der Waals surface area contributed by atoms with Crippen molar-refractivity contribution in [2.24, 2.45) is 0 Å². The summed E-state index contributed by atoms with van der Waals surface area (Å²) in [7, 11) is 0. The van der Waals surface area contributed by atoms with E-state index < -0.39 is 17.4 Å². The van der Waals surface area contributed by atoms with Crippen molar-refractivity contribution in [2.75, 3.05) is 10.6 Å². The van der Waals surface area contributed by atoms with Crippen LogP contribution in [0.1, 0.15) is 6.92 Å². The van der Waals surface area contributed by atoms with Gasteiger partial charge in [-0.15, -0.1) is 0 Å². The van der Waals surface area contributed by atoms with Crippen LogP contribution >= 0.6 is 34.8 Å². The van der Waals surface area contributed by atoms with E-state index in [4.69, 9.17) is 39.5 Å². The number of anilines is 2. The van der Waals surface area contributed by atoms with E-state index in [1.54, 1.807) is 30.3 Å². The normalized spacial score (nSPS) is 19.1. The van der Waals surface area contributed by atoms with Gasteiger partial charge < -0.3 is 15.4 Å². The average Bonchev–Trinajstić information content (AvgIpc) is 2.52. The second kappa shape index (κ2) is 6.16. The summed E-state index contributed by atoms with van der Waals surface area (Å²) in [4.78, 5) is 25.0. The smallest absolute Gasteiger partial charge is 0.278 e. The highest BCUT2D eigenvalue weighted by molar-refractivity contribution is 6.36. The number of hydrogen-bond acceptors (Lipinski definition) is 3. The zero-order chi connectivity index (χ0) is 17.5. The minimum absolute atomic E-state index is 0.286. The lowest BCUT2D eigenvalue weighted by Gasteiger charge is -2.33. The van der Waals surface area contributed by atoms with Gasteiger partial charge in [0.15, 0.2) is 0 Å². The predicted octanol–water partition coefficient (Wildman–Crippen LogP) is 4.38. The fourth-order valence-electron chi connectivity index (χ4n) is 2.18. The first kappa shape index (κ1) is 16.9. The molecular weight excluding hydrogens is 375 g/mol. The Labute approximate surface area is 152 Å². The van der Waals surface area contributed by atoms with Crippen LogP contribution in [0.25, 0.3) is 0 Å². The molecule has 1 atom stereocenters. The van der Waals surface area contributed by atoms with E-state index in [0.717, 1.165) is 0 Å². The third kappa shape index (κ3) is 3.02. The fraction of sp³-hybridized carbons (Fsp3) is 0.125. The average molecular weight is 386 g/mol. The maximum absolute atomic E-state index is 12.6. The van der Waals surface area contributed by atoms with E-state index in [1.807, 2.05) is 0 Å². The Hall–Kier alpha value is -1.95. The van der Waals surface area contributed by atoms with E-state index in [9.17, 15) is 9.59 Å². The van der Waals surface area contributed by atoms with Crippen LogP contribution < -0.4 is 15.4 Å². The Balaban J connectivity index is 1.90. The second-order valence-corrected chi connectivity index (χ2v) is 6.59. The van der Waals surface area contributed by atoms with Gasteiger partial charge in [-0.25, -0.2) is 0 Å². The summed E-state index contributed by atoms with van der Waals surface area (Å²) in [5.41, 5.74) is -1.08. The lowest BCUT2D eigenvalue weighted by Crippen LogP contribution is -2.56. The highest BCUT2D eigenvalue weighted by Gasteiger charge is 2.47. The second-order valence-electron chi connectivity index (χ2n) is 5.31. The van der Waals surface area contributed by atoms with Gasteiger partial charge in [-0.3, -0.25) is 9.59 Å². The molecule has 2 aromatic carbocycles. The molecule has 2 amide bonds. The predicted molar refractivity (Wildman–Crippen MR) is 94.2 cm³/mol. The molecule has 0 aliphatic carbocycles. The quantitative estimate of drug-likeness (QED) is 0.754. The van der Waals surface area contributed by atoms with Gasteiger partial charge in [0, 0.05) is 10.0 Å². The molecular formula is C16H11Cl3N2O3. The number of halogens is 3. The molecule has 8 heteroatoms. The number of amides is 2. The zero-order valence-corrected chi connectivity index (χ0v) is 14.6. The molecule has 3 rings (SSSR count). The molecule has 0 aromatic heterocycles. The van der Waals surface area contributed by atoms with Gasteiger partial charge in [-0.1, -0.05) is 34.8 Å². The zero-order valence-electron chi connectivity index (χ0n) is 12.3. The van der Waals surface area contributed by atoms with E-state index in [0.29, 0.717) is 26.5 Å². The monoisotopic (exact) mass is 384 g/mol. The standard InChI is InChI=1S/C16H11Cl3N2O3/c1-16(14(22)20-11-6-8(17)2-4-10(11)19)15(23)21-12-7-9(18)3-5-13(12)24-16/h2-7H,1H3,(H,20,22)(H,21,23). The van der Waals surface area contributed by atoms with Crippen molar-refractivity contribution in [3.63, 3.8) is 0 Å². The maximum atomic E-state index is 12.6. The van der Waals surface area contributed by atoms with Crippen molar-refractivity contribution in [3.8, 4) is 5.75 Å². The molecule has 1 heterocycles. The summed E-state index contributed by atoms with van der Waals surface area (Å²) < 4.78 is 5.63. The summed E-state index contributed by atoms with van der Waals surface area (Å²) in [6.45, 7) is 1.37. The number of rotatable bonds is 2. The molecule has 0 spiro atoms. The molecule has 1 unspecified atom stereocenters. The minimum atomic E-state index is -1.77. The molecule has 1 aliphatic heterocycles. The van der Waals surface area contributed by atoms with Crippen LogP contribution in [-0.2, 0) is 9.59 Å². The number of hydrogen-bond donors (Lipinski definition) is 2. The summed E-state index contributed by atoms with van der Waals surface area (Å²) in [6.07, 6.45) is 0. The van der Waals surface area contributed by atoms with Crippen molar-refractivity contribution >= 4 is 58.0 Å². The third-order valence-electron chi connectivity index (χ3n) is 3.55. The molecule has 0 saturated heterocycles. The summed E-state index contributed by atoms with van der Waals surface area (Å²) in [6, 6.07) is 9.34. The summed E-state index contributed by atoms with van der Waals surface area (Å²) in [5, 5.41) is 6.31. The summed E-state index contributed by atoms with van der Waals surface area (Å²) >= 11 is 17.8. The minimum Gasteiger partial charge on any atom is -0.466 e. The molecule has 2 aromatic rings. The number of carbonyl (C=O) groups excluding carboxylic acids is 2. The van der Waals surface area contributed by atoms with Crippen LogP contribution in [0, 0.1) is 0 Å². The lowest BCUT2D eigenvalue weighted by molar-refractivity contribution is -0.143. The van der Waals surface area contributed by atoms with Gasteiger partial charge in [-0.05, 0) is 43.3 Å². The number of benzene rings is 2. The maximum Gasteiger partial charge on any atom is 0.278 e. The number of fused-ring (bicyclic) bond motifs is 1. The van der Waals surface area contributed by atoms with Gasteiger partial charge in [0.2, 0.25) is 0 Å². The van der Waals surface area contributed by atoms with Crippen LogP contribution in [0.2, 0.25) is 15.1 Å². The first-order valence-electron chi connectivity index (χ1n) is 6.86. The Kier molecular flexibility index (Phi) is 4.34. The molecule has 124 valence electrons. The number of ether oxygens (including phenoxy) is 1. The SMILES string of the molecule is CC1(C(=O)Nc2cc(Cl)ccc2Cl)Oc2ccc(Cl)cc2NC1=O. The Bertz CT molecular complexity index is 856. The van der Waals surface area contributed by atoms with E-state index in [-0.39, 0.29) is 5.69 Å². The fourth-order valence-corrected chi connectivity index (χ4v) is 2.69. The van der Waals surface area contributed by atoms with Crippen molar-refractivity contribution in [1.82, 2.24) is 0 Å². The molecule has 5 nitrogen and oxygen atoms in total. The van der Waals surface area contributed by atoms with Crippen LogP contribution in [0.3, 0.4) is 0 Å². The van der Waals surface area contributed by atoms with Gasteiger partial charge in [-0.2, -0.15) is 0 Å². The van der Waals surface area contributed by atoms with Crippen molar-refractivity contribution in [1.29, 1.82) is 0 Å². The van der Waals surface area contributed by atoms with Crippen LogP contribution in [-0.4, -0.2) is 17.4 Å². The van der Waals surface area contributed by atoms with Crippen LogP contribution in [0.4, 0.5) is 11.4 Å². The van der Waals surface area contributed by atoms with Crippen molar-refractivity contribution in [3.05, 3.63) is 51.5 Å². The van der Waals surface area contributed by atoms with Gasteiger partial charge >= 0.3 is 0 Å². The van der Waals surface area contributed by atoms with Gasteiger partial charge in [0.05, 0.1) is 16.4 Å². The molecule has 0 saturated carbocycles. The largest absolute Gasteiger partial charge is 0.466 e. The first-order valence-corrected chi connectivity index (χ1v) is 7.99. The summed E-state index contributed by atoms with van der Waals surface area (Å²) in [5.74, 6) is -0.952. The molecule has 1 aliphatic rings. The first-order chi connectivity index (χ1) is 11.3. The number of carbonyl (C=O) groups is 2. The highest BCUT2D eigenvalue weighted by Crippen LogP contribution is 2.36. The van der Waals surface area contributed by atoms with Gasteiger partial charge in [0.1, 0.15) is 5.75 Å². The van der Waals surface area contributed by atoms with Gasteiger partial charge in [0.25, 0.3) is 17.4 Å². The molecule has 24 heavy (non-hydrogen) atoms.